The first-order valence-corrected chi connectivity index (χ1v) is 18.0. The lowest BCUT2D eigenvalue weighted by atomic mass is 9.98. The average molecular weight is 716 g/mol. The van der Waals surface area contributed by atoms with E-state index in [1.165, 1.54) is 33.6 Å². The molecule has 1 aromatic heterocycles. The summed E-state index contributed by atoms with van der Waals surface area (Å²) < 4.78 is 56.9. The van der Waals surface area contributed by atoms with Crippen molar-refractivity contribution in [2.24, 2.45) is 0 Å². The minimum absolute atomic E-state index is 0.0740. The van der Waals surface area contributed by atoms with Gasteiger partial charge in [0, 0.05) is 61.9 Å². The van der Waals surface area contributed by atoms with Crippen molar-refractivity contribution in [3.8, 4) is 11.5 Å². The van der Waals surface area contributed by atoms with Gasteiger partial charge in [0.25, 0.3) is 5.91 Å². The van der Waals surface area contributed by atoms with Crippen molar-refractivity contribution >= 4 is 61.4 Å². The van der Waals surface area contributed by atoms with Crippen LogP contribution in [0.15, 0.2) is 52.3 Å². The van der Waals surface area contributed by atoms with Gasteiger partial charge in [-0.3, -0.25) is 9.59 Å². The number of aryl methyl sites for hydroxylation is 1. The van der Waals surface area contributed by atoms with E-state index in [1.807, 2.05) is 13.8 Å². The van der Waals surface area contributed by atoms with Crippen LogP contribution in [0.2, 0.25) is 10.0 Å². The van der Waals surface area contributed by atoms with E-state index >= 15 is 4.39 Å². The fraction of sp³-hybridized carbons (Fsp3) is 0.353. The Morgan fingerprint density at radius 3 is 2.42 bits per heavy atom. The number of rotatable bonds is 5. The lowest BCUT2D eigenvalue weighted by Crippen LogP contribution is -2.49. The molecule has 48 heavy (non-hydrogen) atoms. The maximum Gasteiger partial charge on any atom is 0.263 e. The van der Waals surface area contributed by atoms with Crippen LogP contribution in [0.3, 0.4) is 0 Å². The fourth-order valence-electron chi connectivity index (χ4n) is 6.69. The van der Waals surface area contributed by atoms with Crippen LogP contribution in [-0.2, 0) is 23.0 Å². The Kier molecular flexibility index (Phi) is 8.55. The summed E-state index contributed by atoms with van der Waals surface area (Å²) in [5.74, 6) is -0.246. The van der Waals surface area contributed by atoms with Gasteiger partial charge in [-0.25, -0.2) is 12.8 Å². The first-order chi connectivity index (χ1) is 23.0. The van der Waals surface area contributed by atoms with Gasteiger partial charge in [0.05, 0.1) is 26.8 Å². The molecule has 7 rings (SSSR count). The molecular formula is C34H33Cl2FN4O6S. The van der Waals surface area contributed by atoms with Gasteiger partial charge in [-0.15, -0.1) is 0 Å². The minimum Gasteiger partial charge on any atom is -0.486 e. The third kappa shape index (κ3) is 5.48. The number of carbonyl (C=O) groups is 1. The molecule has 14 heteroatoms. The second-order valence-corrected chi connectivity index (χ2v) is 14.8. The summed E-state index contributed by atoms with van der Waals surface area (Å²) in [4.78, 5) is 31.2. The molecule has 4 heterocycles. The number of ether oxygens (including phenoxy) is 2. The quantitative estimate of drug-likeness (QED) is 0.263. The molecule has 252 valence electrons. The highest BCUT2D eigenvalue weighted by Crippen LogP contribution is 2.39. The molecule has 0 unspecified atom stereocenters. The normalized spacial score (nSPS) is 16.7. The van der Waals surface area contributed by atoms with Crippen LogP contribution in [-0.4, -0.2) is 69.1 Å². The number of benzene rings is 3. The standard InChI is InChI=1S/C34H33Cl2FN4O6S/c1-3-38-19-24(34(43)41-8-4-5-22-28(41)17-25(35)20(2)32(22)36)33(42)23-16-26(37)29(18-27(23)38)39-9-11-40(12-10-39)48(44,45)21-6-7-30-31(15-21)47-14-13-46-30/h6-7,15-19H,3-5,8-14H2,1-2H3. The van der Waals surface area contributed by atoms with Gasteiger partial charge < -0.3 is 23.8 Å². The topological polar surface area (TPSA) is 101 Å². The van der Waals surface area contributed by atoms with Gasteiger partial charge in [-0.1, -0.05) is 23.2 Å². The van der Waals surface area contributed by atoms with Gasteiger partial charge in [0.15, 0.2) is 11.5 Å². The molecule has 4 aromatic rings. The number of piperazine rings is 1. The molecule has 3 aliphatic rings. The van der Waals surface area contributed by atoms with E-state index in [1.54, 1.807) is 27.7 Å². The zero-order chi connectivity index (χ0) is 33.9. The Hall–Kier alpha value is -3.84. The Labute approximate surface area is 287 Å². The van der Waals surface area contributed by atoms with Crippen molar-refractivity contribution in [1.82, 2.24) is 8.87 Å². The molecule has 0 bridgehead atoms. The molecule has 0 spiro atoms. The van der Waals surface area contributed by atoms with E-state index < -0.39 is 27.2 Å². The third-order valence-electron chi connectivity index (χ3n) is 9.32. The van der Waals surface area contributed by atoms with Crippen molar-refractivity contribution in [2.75, 3.05) is 55.7 Å². The Morgan fingerprint density at radius 1 is 0.958 bits per heavy atom. The van der Waals surface area contributed by atoms with E-state index in [2.05, 4.69) is 0 Å². The number of hydrogen-bond donors (Lipinski definition) is 0. The molecule has 1 saturated heterocycles. The second-order valence-electron chi connectivity index (χ2n) is 12.0. The van der Waals surface area contributed by atoms with Crippen molar-refractivity contribution < 1.29 is 27.1 Å². The number of nitrogens with zero attached hydrogens (tertiary/aromatic N) is 4. The van der Waals surface area contributed by atoms with Crippen LogP contribution in [0, 0.1) is 12.7 Å². The largest absolute Gasteiger partial charge is 0.486 e. The lowest BCUT2D eigenvalue weighted by molar-refractivity contribution is 0.0983. The van der Waals surface area contributed by atoms with E-state index in [0.29, 0.717) is 71.9 Å². The highest BCUT2D eigenvalue weighted by atomic mass is 35.5. The van der Waals surface area contributed by atoms with Gasteiger partial charge in [-0.2, -0.15) is 4.31 Å². The van der Waals surface area contributed by atoms with E-state index in [9.17, 15) is 18.0 Å². The van der Waals surface area contributed by atoms with Crippen molar-refractivity contribution in [2.45, 2.75) is 38.1 Å². The first-order valence-electron chi connectivity index (χ1n) is 15.8. The maximum absolute atomic E-state index is 15.8. The summed E-state index contributed by atoms with van der Waals surface area (Å²) in [7, 11) is -3.83. The molecule has 3 aromatic carbocycles. The summed E-state index contributed by atoms with van der Waals surface area (Å²) in [5, 5.41) is 1.02. The highest BCUT2D eigenvalue weighted by Gasteiger charge is 2.32. The van der Waals surface area contributed by atoms with Crippen LogP contribution in [0.25, 0.3) is 10.9 Å². The predicted molar refractivity (Wildman–Crippen MR) is 183 cm³/mol. The number of amides is 1. The van der Waals surface area contributed by atoms with Gasteiger partial charge in [-0.05, 0) is 68.1 Å². The SMILES string of the molecule is CCn1cc(C(=O)N2CCCc3c2cc(Cl)c(C)c3Cl)c(=O)c2cc(F)c(N3CCN(S(=O)(=O)c4ccc5c(c4)OCCO5)CC3)cc21. The number of pyridine rings is 1. The molecule has 0 aliphatic carbocycles. The molecule has 0 atom stereocenters. The zero-order valence-electron chi connectivity index (χ0n) is 26.4. The summed E-state index contributed by atoms with van der Waals surface area (Å²) >= 11 is 13.0. The number of hydrogen-bond acceptors (Lipinski definition) is 7. The van der Waals surface area contributed by atoms with Crippen LogP contribution in [0.5, 0.6) is 11.5 Å². The molecule has 0 radical (unpaired) electrons. The lowest BCUT2D eigenvalue weighted by Gasteiger charge is -2.35. The second kappa shape index (κ2) is 12.6. The predicted octanol–water partition coefficient (Wildman–Crippen LogP) is 5.65. The first kappa shape index (κ1) is 32.7. The number of anilines is 2. The summed E-state index contributed by atoms with van der Waals surface area (Å²) in [6.07, 6.45) is 2.87. The minimum atomic E-state index is -3.83. The fourth-order valence-corrected chi connectivity index (χ4v) is 8.66. The molecule has 1 amide bonds. The van der Waals surface area contributed by atoms with Crippen molar-refractivity contribution in [1.29, 1.82) is 0 Å². The van der Waals surface area contributed by atoms with Crippen LogP contribution in [0.4, 0.5) is 15.8 Å². The van der Waals surface area contributed by atoms with Gasteiger partial charge in [0.1, 0.15) is 24.6 Å². The molecule has 3 aliphatic heterocycles. The summed E-state index contributed by atoms with van der Waals surface area (Å²) in [6.45, 7) is 5.97. The summed E-state index contributed by atoms with van der Waals surface area (Å²) in [6, 6.07) is 9.05. The van der Waals surface area contributed by atoms with Crippen molar-refractivity contribution in [3.63, 3.8) is 0 Å². The Morgan fingerprint density at radius 2 is 1.69 bits per heavy atom. The zero-order valence-corrected chi connectivity index (χ0v) is 28.7. The van der Waals surface area contributed by atoms with Crippen LogP contribution in [0.1, 0.15) is 34.8 Å². The van der Waals surface area contributed by atoms with E-state index in [-0.39, 0.29) is 47.7 Å². The summed E-state index contributed by atoms with van der Waals surface area (Å²) in [5.41, 5.74) is 2.20. The van der Waals surface area contributed by atoms with Gasteiger partial charge >= 0.3 is 0 Å². The molecular weight excluding hydrogens is 682 g/mol. The number of fused-ring (bicyclic) bond motifs is 3. The van der Waals surface area contributed by atoms with Crippen molar-refractivity contribution in [3.05, 3.63) is 85.4 Å². The monoisotopic (exact) mass is 714 g/mol. The molecule has 10 nitrogen and oxygen atoms in total. The molecule has 1 fully saturated rings. The van der Waals surface area contributed by atoms with E-state index in [4.69, 9.17) is 32.7 Å². The van der Waals surface area contributed by atoms with Crippen LogP contribution < -0.4 is 24.7 Å². The molecule has 0 N–H and O–H groups in total. The van der Waals surface area contributed by atoms with Crippen LogP contribution >= 0.6 is 23.2 Å². The molecule has 0 saturated carbocycles. The number of halogens is 3. The number of carbonyl (C=O) groups excluding carboxylic acids is 1. The maximum atomic E-state index is 15.8. The number of aromatic nitrogens is 1. The number of sulfonamides is 1. The Bertz CT molecular complexity index is 2150. The Balaban J connectivity index is 1.16. The average Bonchev–Trinajstić information content (AvgIpc) is 3.10. The van der Waals surface area contributed by atoms with Gasteiger partial charge in [0.2, 0.25) is 15.5 Å². The third-order valence-corrected chi connectivity index (χ3v) is 12.1. The highest BCUT2D eigenvalue weighted by molar-refractivity contribution is 7.89. The smallest absolute Gasteiger partial charge is 0.263 e. The van der Waals surface area contributed by atoms with E-state index in [0.717, 1.165) is 11.1 Å².